The predicted octanol–water partition coefficient (Wildman–Crippen LogP) is 5.32. The number of hydrogen-bond acceptors (Lipinski definition) is 5. The molecule has 0 saturated heterocycles. The molecule has 1 atom stereocenters. The maximum Gasteiger partial charge on any atom is 0.230 e. The molecule has 0 bridgehead atoms. The van der Waals surface area contributed by atoms with Gasteiger partial charge in [0.1, 0.15) is 12.4 Å². The Morgan fingerprint density at radius 2 is 1.93 bits per heavy atom. The SMILES string of the molecule is CC(NC(=O)CSc1nnc(COc2ccccc2Cl)n1C)c1ccc(Cl)cc1Cl. The van der Waals surface area contributed by atoms with Gasteiger partial charge in [-0.25, -0.2) is 0 Å². The normalized spacial score (nSPS) is 11.9. The Morgan fingerprint density at radius 1 is 1.17 bits per heavy atom. The van der Waals surface area contributed by atoms with Crippen molar-refractivity contribution in [1.29, 1.82) is 0 Å². The standard InChI is InChI=1S/C20H19Cl3N4O2S/c1-12(14-8-7-13(21)9-16(14)23)24-19(28)11-30-20-26-25-18(27(20)2)10-29-17-6-4-3-5-15(17)22/h3-9,12H,10-11H2,1-2H3,(H,24,28). The number of carbonyl (C=O) groups excluding carboxylic acids is 1. The molecule has 1 aromatic heterocycles. The highest BCUT2D eigenvalue weighted by Crippen LogP contribution is 2.27. The predicted molar refractivity (Wildman–Crippen MR) is 121 cm³/mol. The van der Waals surface area contributed by atoms with Gasteiger partial charge in [-0.3, -0.25) is 4.79 Å². The summed E-state index contributed by atoms with van der Waals surface area (Å²) in [7, 11) is 1.82. The van der Waals surface area contributed by atoms with E-state index in [9.17, 15) is 4.79 Å². The molecule has 0 fully saturated rings. The quantitative estimate of drug-likeness (QED) is 0.437. The van der Waals surface area contributed by atoms with E-state index in [2.05, 4.69) is 15.5 Å². The lowest BCUT2D eigenvalue weighted by atomic mass is 10.1. The number of nitrogens with zero attached hydrogens (tertiary/aromatic N) is 3. The van der Waals surface area contributed by atoms with Gasteiger partial charge < -0.3 is 14.6 Å². The summed E-state index contributed by atoms with van der Waals surface area (Å²) in [6, 6.07) is 12.2. The van der Waals surface area contributed by atoms with Gasteiger partial charge in [-0.15, -0.1) is 10.2 Å². The molecule has 0 aliphatic carbocycles. The number of ether oxygens (including phenoxy) is 1. The fourth-order valence-electron chi connectivity index (χ4n) is 2.64. The van der Waals surface area contributed by atoms with Crippen molar-refractivity contribution in [3.05, 3.63) is 68.9 Å². The summed E-state index contributed by atoms with van der Waals surface area (Å²) in [6.45, 7) is 2.08. The van der Waals surface area contributed by atoms with E-state index in [-0.39, 0.29) is 24.3 Å². The monoisotopic (exact) mass is 484 g/mol. The average molecular weight is 486 g/mol. The minimum absolute atomic E-state index is 0.143. The van der Waals surface area contributed by atoms with E-state index in [1.165, 1.54) is 11.8 Å². The molecule has 1 unspecified atom stereocenters. The van der Waals surface area contributed by atoms with Gasteiger partial charge in [0.2, 0.25) is 5.91 Å². The van der Waals surface area contributed by atoms with Crippen molar-refractivity contribution >= 4 is 52.5 Å². The highest BCUT2D eigenvalue weighted by molar-refractivity contribution is 7.99. The van der Waals surface area contributed by atoms with Crippen LogP contribution in [0.25, 0.3) is 0 Å². The van der Waals surface area contributed by atoms with Crippen molar-refractivity contribution in [2.45, 2.75) is 24.7 Å². The van der Waals surface area contributed by atoms with Crippen LogP contribution in [0.2, 0.25) is 15.1 Å². The van der Waals surface area contributed by atoms with Crippen LogP contribution in [0.5, 0.6) is 5.75 Å². The van der Waals surface area contributed by atoms with Crippen LogP contribution < -0.4 is 10.1 Å². The molecule has 1 heterocycles. The summed E-state index contributed by atoms with van der Waals surface area (Å²) >= 11 is 19.5. The summed E-state index contributed by atoms with van der Waals surface area (Å²) in [4.78, 5) is 12.3. The number of rotatable bonds is 8. The van der Waals surface area contributed by atoms with E-state index in [1.807, 2.05) is 26.1 Å². The number of para-hydroxylation sites is 1. The van der Waals surface area contributed by atoms with E-state index >= 15 is 0 Å². The molecule has 0 spiro atoms. The fourth-order valence-corrected chi connectivity index (χ4v) is 4.15. The van der Waals surface area contributed by atoms with Crippen LogP contribution in [0, 0.1) is 0 Å². The zero-order valence-electron chi connectivity index (χ0n) is 16.2. The van der Waals surface area contributed by atoms with Crippen LogP contribution in [0.15, 0.2) is 47.6 Å². The summed E-state index contributed by atoms with van der Waals surface area (Å²) < 4.78 is 7.48. The van der Waals surface area contributed by atoms with Gasteiger partial charge in [0.15, 0.2) is 11.0 Å². The molecule has 10 heteroatoms. The van der Waals surface area contributed by atoms with Gasteiger partial charge >= 0.3 is 0 Å². The lowest BCUT2D eigenvalue weighted by Gasteiger charge is -2.15. The smallest absolute Gasteiger partial charge is 0.230 e. The number of aromatic nitrogens is 3. The van der Waals surface area contributed by atoms with Gasteiger partial charge in [-0.1, -0.05) is 64.8 Å². The summed E-state index contributed by atoms with van der Waals surface area (Å²) in [5, 5.41) is 13.4. The van der Waals surface area contributed by atoms with Gasteiger partial charge in [-0.05, 0) is 36.8 Å². The van der Waals surface area contributed by atoms with E-state index in [1.54, 1.807) is 34.9 Å². The maximum atomic E-state index is 12.3. The molecule has 0 aliphatic rings. The van der Waals surface area contributed by atoms with Crippen LogP contribution in [0.4, 0.5) is 0 Å². The highest BCUT2D eigenvalue weighted by Gasteiger charge is 2.16. The van der Waals surface area contributed by atoms with Crippen molar-refractivity contribution in [3.63, 3.8) is 0 Å². The number of amides is 1. The molecule has 2 aromatic carbocycles. The van der Waals surface area contributed by atoms with Crippen molar-refractivity contribution in [2.75, 3.05) is 5.75 Å². The second-order valence-electron chi connectivity index (χ2n) is 6.42. The second kappa shape index (κ2) is 10.4. The lowest BCUT2D eigenvalue weighted by molar-refractivity contribution is -0.119. The molecule has 0 radical (unpaired) electrons. The Morgan fingerprint density at radius 3 is 2.67 bits per heavy atom. The molecule has 1 N–H and O–H groups in total. The molecule has 6 nitrogen and oxygen atoms in total. The zero-order valence-corrected chi connectivity index (χ0v) is 19.3. The first kappa shape index (κ1) is 22.7. The topological polar surface area (TPSA) is 69.0 Å². The molecule has 3 aromatic rings. The average Bonchev–Trinajstić information content (AvgIpc) is 3.05. The van der Waals surface area contributed by atoms with Crippen molar-refractivity contribution in [2.24, 2.45) is 7.05 Å². The van der Waals surface area contributed by atoms with E-state index in [0.29, 0.717) is 31.8 Å². The third-order valence-corrected chi connectivity index (χ3v) is 6.15. The Bertz CT molecular complexity index is 1040. The van der Waals surface area contributed by atoms with Crippen molar-refractivity contribution < 1.29 is 9.53 Å². The second-order valence-corrected chi connectivity index (χ2v) is 8.61. The van der Waals surface area contributed by atoms with Crippen LogP contribution in [0.1, 0.15) is 24.4 Å². The van der Waals surface area contributed by atoms with Crippen LogP contribution in [0.3, 0.4) is 0 Å². The molecule has 158 valence electrons. The first-order chi connectivity index (χ1) is 14.3. The molecule has 0 aliphatic heterocycles. The zero-order chi connectivity index (χ0) is 21.7. The minimum atomic E-state index is -0.248. The van der Waals surface area contributed by atoms with Crippen LogP contribution in [-0.4, -0.2) is 26.4 Å². The Kier molecular flexibility index (Phi) is 7.88. The number of thioether (sulfide) groups is 1. The highest BCUT2D eigenvalue weighted by atomic mass is 35.5. The molecular weight excluding hydrogens is 467 g/mol. The fraction of sp³-hybridized carbons (Fsp3) is 0.250. The molecular formula is C20H19Cl3N4O2S. The molecule has 0 saturated carbocycles. The van der Waals surface area contributed by atoms with Crippen molar-refractivity contribution in [3.8, 4) is 5.75 Å². The van der Waals surface area contributed by atoms with Gasteiger partial charge in [-0.2, -0.15) is 0 Å². The number of halogens is 3. The van der Waals surface area contributed by atoms with Gasteiger partial charge in [0.25, 0.3) is 0 Å². The van der Waals surface area contributed by atoms with Gasteiger partial charge in [0, 0.05) is 17.1 Å². The summed E-state index contributed by atoms with van der Waals surface area (Å²) in [6.07, 6.45) is 0. The Balaban J connectivity index is 1.53. The van der Waals surface area contributed by atoms with Crippen LogP contribution in [-0.2, 0) is 18.4 Å². The molecule has 1 amide bonds. The first-order valence-electron chi connectivity index (χ1n) is 8.98. The van der Waals surface area contributed by atoms with E-state index < -0.39 is 0 Å². The third-order valence-electron chi connectivity index (χ3n) is 4.26. The number of hydrogen-bond donors (Lipinski definition) is 1. The van der Waals surface area contributed by atoms with Crippen LogP contribution >= 0.6 is 46.6 Å². The maximum absolute atomic E-state index is 12.3. The third kappa shape index (κ3) is 5.82. The van der Waals surface area contributed by atoms with Gasteiger partial charge in [0.05, 0.1) is 16.8 Å². The summed E-state index contributed by atoms with van der Waals surface area (Å²) in [5.41, 5.74) is 0.803. The molecule has 30 heavy (non-hydrogen) atoms. The molecule has 3 rings (SSSR count). The Hall–Kier alpha value is -1.93. The minimum Gasteiger partial charge on any atom is -0.484 e. The first-order valence-corrected chi connectivity index (χ1v) is 11.1. The van der Waals surface area contributed by atoms with E-state index in [0.717, 1.165) is 5.56 Å². The van der Waals surface area contributed by atoms with Crippen molar-refractivity contribution in [1.82, 2.24) is 20.1 Å². The summed E-state index contributed by atoms with van der Waals surface area (Å²) in [5.74, 6) is 1.24. The number of benzene rings is 2. The van der Waals surface area contributed by atoms with E-state index in [4.69, 9.17) is 39.5 Å². The lowest BCUT2D eigenvalue weighted by Crippen LogP contribution is -2.28. The number of nitrogens with one attached hydrogen (secondary N) is 1. The largest absolute Gasteiger partial charge is 0.484 e. The Labute approximate surface area is 193 Å². The number of carbonyl (C=O) groups is 1.